The summed E-state index contributed by atoms with van der Waals surface area (Å²) in [6.45, 7) is 6.72. The van der Waals surface area contributed by atoms with Gasteiger partial charge < -0.3 is 9.47 Å². The monoisotopic (exact) mass is 494 g/mol. The highest BCUT2D eigenvalue weighted by Gasteiger charge is 2.76. The van der Waals surface area contributed by atoms with E-state index in [1.807, 2.05) is 0 Å². The third-order valence-electron chi connectivity index (χ3n) is 3.62. The highest BCUT2D eigenvalue weighted by molar-refractivity contribution is 7.87. The van der Waals surface area contributed by atoms with Crippen LogP contribution in [0.25, 0.3) is 0 Å². The van der Waals surface area contributed by atoms with E-state index in [1.54, 1.807) is 0 Å². The van der Waals surface area contributed by atoms with Gasteiger partial charge in [-0.2, -0.15) is 43.5 Å². The molecule has 0 aromatic carbocycles. The maximum atomic E-state index is 13.5. The molecule has 0 aromatic rings. The zero-order valence-corrected chi connectivity index (χ0v) is 16.9. The second-order valence-corrected chi connectivity index (χ2v) is 8.31. The normalized spacial score (nSPS) is 14.9. The minimum Gasteiger partial charge on any atom is -0.459 e. The van der Waals surface area contributed by atoms with Crippen molar-refractivity contribution in [2.45, 2.75) is 62.9 Å². The number of rotatable bonds is 9. The summed E-state index contributed by atoms with van der Waals surface area (Å²) >= 11 is 0. The lowest BCUT2D eigenvalue weighted by molar-refractivity contribution is -0.377. The highest BCUT2D eigenvalue weighted by atomic mass is 32.2. The first-order chi connectivity index (χ1) is 13.5. The van der Waals surface area contributed by atoms with E-state index in [0.29, 0.717) is 0 Å². The number of carbonyl (C=O) groups is 2. The Morgan fingerprint density at radius 1 is 1.00 bits per heavy atom. The van der Waals surface area contributed by atoms with E-state index in [-0.39, 0.29) is 0 Å². The van der Waals surface area contributed by atoms with Gasteiger partial charge in [0, 0.05) is 12.0 Å². The number of esters is 2. The maximum absolute atomic E-state index is 13.5. The summed E-state index contributed by atoms with van der Waals surface area (Å²) in [7, 11) is -6.78. The summed E-state index contributed by atoms with van der Waals surface area (Å²) in [6, 6.07) is 0. The Balaban J connectivity index is 6.58. The molecule has 16 heteroatoms. The summed E-state index contributed by atoms with van der Waals surface area (Å²) in [4.78, 5) is 22.9. The van der Waals surface area contributed by atoms with Crippen LogP contribution >= 0.6 is 0 Å². The zero-order valence-electron chi connectivity index (χ0n) is 16.1. The smallest absolute Gasteiger partial charge is 0.459 e. The van der Waals surface area contributed by atoms with Crippen LogP contribution < -0.4 is 0 Å². The maximum Gasteiger partial charge on any atom is 0.465 e. The third kappa shape index (κ3) is 6.75. The van der Waals surface area contributed by atoms with Crippen LogP contribution in [0.1, 0.15) is 33.6 Å². The predicted octanol–water partition coefficient (Wildman–Crippen LogP) is 3.80. The molecule has 0 radical (unpaired) electrons. The molecule has 0 aromatic heterocycles. The van der Waals surface area contributed by atoms with Crippen molar-refractivity contribution in [2.24, 2.45) is 5.92 Å². The van der Waals surface area contributed by atoms with Crippen LogP contribution in [-0.4, -0.2) is 54.2 Å². The number of ether oxygens (including phenoxy) is 2. The van der Waals surface area contributed by atoms with Crippen LogP contribution in [0, 0.1) is 5.92 Å². The Bertz CT molecular complexity index is 785. The van der Waals surface area contributed by atoms with Gasteiger partial charge in [-0.15, -0.1) is 0 Å². The number of hydrogen-bond donors (Lipinski definition) is 1. The van der Waals surface area contributed by atoms with Crippen LogP contribution in [0.2, 0.25) is 0 Å². The van der Waals surface area contributed by atoms with Crippen LogP contribution in [-0.2, 0) is 29.2 Å². The minimum absolute atomic E-state index is 0.423. The van der Waals surface area contributed by atoms with Crippen LogP contribution in [0.5, 0.6) is 0 Å². The Labute approximate surface area is 171 Å². The second-order valence-electron chi connectivity index (χ2n) is 6.85. The van der Waals surface area contributed by atoms with E-state index in [4.69, 9.17) is 4.55 Å². The first-order valence-corrected chi connectivity index (χ1v) is 9.51. The molecule has 7 nitrogen and oxygen atoms in total. The van der Waals surface area contributed by atoms with E-state index in [2.05, 4.69) is 16.1 Å². The number of carbonyl (C=O) groups excluding carboxylic acids is 2. The molecule has 0 aliphatic heterocycles. The molecule has 0 saturated heterocycles. The predicted molar refractivity (Wildman–Crippen MR) is 86.2 cm³/mol. The molecular formula is C15H18F8O7S. The molecular weight excluding hydrogens is 476 g/mol. The fraction of sp³-hybridized carbons (Fsp3) is 0.733. The van der Waals surface area contributed by atoms with Gasteiger partial charge in [-0.25, -0.2) is 9.59 Å². The molecule has 0 bridgehead atoms. The molecule has 0 rings (SSSR count). The van der Waals surface area contributed by atoms with Crippen molar-refractivity contribution in [3.05, 3.63) is 12.2 Å². The van der Waals surface area contributed by atoms with Gasteiger partial charge in [0.1, 0.15) is 6.10 Å². The summed E-state index contributed by atoms with van der Waals surface area (Å²) < 4.78 is 145. The average Bonchev–Trinajstić information content (AvgIpc) is 2.49. The molecule has 0 amide bonds. The Kier molecular flexibility index (Phi) is 8.67. The molecule has 0 aliphatic rings. The first-order valence-electron chi connectivity index (χ1n) is 8.07. The van der Waals surface area contributed by atoms with Crippen molar-refractivity contribution < 1.29 is 67.2 Å². The molecule has 1 unspecified atom stereocenters. The summed E-state index contributed by atoms with van der Waals surface area (Å²) in [5.41, 5.74) is -6.13. The van der Waals surface area contributed by atoms with Crippen LogP contribution in [0.15, 0.2) is 12.2 Å². The summed E-state index contributed by atoms with van der Waals surface area (Å²) in [5, 5.41) is -6.16. The largest absolute Gasteiger partial charge is 0.465 e. The SMILES string of the molecule is C=C(C)C(=O)OC(CC(C)C)CC(OC(=O)C(F)(F)S(=O)(=O)O)(C(F)(F)F)C(F)(F)F. The Hall–Kier alpha value is -1.97. The third-order valence-corrected chi connectivity index (χ3v) is 4.43. The zero-order chi connectivity index (χ0) is 25.2. The van der Waals surface area contributed by atoms with Crippen molar-refractivity contribution in [2.75, 3.05) is 0 Å². The van der Waals surface area contributed by atoms with Crippen molar-refractivity contribution in [3.8, 4) is 0 Å². The van der Waals surface area contributed by atoms with E-state index < -0.39 is 75.7 Å². The Morgan fingerprint density at radius 3 is 1.71 bits per heavy atom. The van der Waals surface area contributed by atoms with Crippen molar-refractivity contribution in [3.63, 3.8) is 0 Å². The van der Waals surface area contributed by atoms with E-state index in [1.165, 1.54) is 13.8 Å². The molecule has 0 aliphatic carbocycles. The van der Waals surface area contributed by atoms with Gasteiger partial charge in [0.2, 0.25) is 0 Å². The molecule has 1 N–H and O–H groups in total. The van der Waals surface area contributed by atoms with Gasteiger partial charge in [-0.05, 0) is 19.3 Å². The minimum atomic E-state index is -6.78. The number of hydrogen-bond acceptors (Lipinski definition) is 6. The fourth-order valence-corrected chi connectivity index (χ4v) is 2.40. The molecule has 0 spiro atoms. The van der Waals surface area contributed by atoms with Crippen LogP contribution in [0.3, 0.4) is 0 Å². The quantitative estimate of drug-likeness (QED) is 0.225. The topological polar surface area (TPSA) is 107 Å². The molecule has 0 saturated carbocycles. The molecule has 1 atom stereocenters. The van der Waals surface area contributed by atoms with Gasteiger partial charge >= 0.3 is 45.3 Å². The molecule has 182 valence electrons. The lowest BCUT2D eigenvalue weighted by Gasteiger charge is -2.39. The number of alkyl halides is 8. The number of halogens is 8. The van der Waals surface area contributed by atoms with Gasteiger partial charge in [0.05, 0.1) is 0 Å². The molecule has 31 heavy (non-hydrogen) atoms. The van der Waals surface area contributed by atoms with E-state index in [9.17, 15) is 53.1 Å². The highest BCUT2D eigenvalue weighted by Crippen LogP contribution is 2.50. The van der Waals surface area contributed by atoms with Gasteiger partial charge in [-0.1, -0.05) is 20.4 Å². The second kappa shape index (κ2) is 9.26. The van der Waals surface area contributed by atoms with Crippen molar-refractivity contribution in [1.29, 1.82) is 0 Å². The van der Waals surface area contributed by atoms with Gasteiger partial charge in [0.15, 0.2) is 0 Å². The molecule has 0 fully saturated rings. The van der Waals surface area contributed by atoms with E-state index in [0.717, 1.165) is 6.92 Å². The van der Waals surface area contributed by atoms with Crippen molar-refractivity contribution in [1.82, 2.24) is 0 Å². The summed E-state index contributed by atoms with van der Waals surface area (Å²) in [5.74, 6) is -5.95. The first kappa shape index (κ1) is 29.0. The summed E-state index contributed by atoms with van der Waals surface area (Å²) in [6.07, 6.45) is -18.6. The fourth-order valence-electron chi connectivity index (χ4n) is 2.14. The Morgan fingerprint density at radius 2 is 1.42 bits per heavy atom. The van der Waals surface area contributed by atoms with Crippen molar-refractivity contribution >= 4 is 22.1 Å². The molecule has 0 heterocycles. The lowest BCUT2D eigenvalue weighted by Crippen LogP contribution is -2.63. The average molecular weight is 494 g/mol. The lowest BCUT2D eigenvalue weighted by atomic mass is 9.90. The van der Waals surface area contributed by atoms with Gasteiger partial charge in [0.25, 0.3) is 0 Å². The standard InChI is InChI=1S/C15H18F8O7S/c1-7(2)5-9(29-10(24)8(3)4)6-12(14(18,19)20,15(21,22)23)30-11(25)13(16,17)31(26,27)28/h7,9H,3,5-6H2,1-2,4H3,(H,26,27,28). The van der Waals surface area contributed by atoms with Gasteiger partial charge in [-0.3, -0.25) is 4.55 Å². The van der Waals surface area contributed by atoms with E-state index >= 15 is 0 Å². The van der Waals surface area contributed by atoms with Crippen LogP contribution in [0.4, 0.5) is 35.1 Å².